The highest BCUT2D eigenvalue weighted by molar-refractivity contribution is 7.93. The first-order valence-electron chi connectivity index (χ1n) is 10.5. The van der Waals surface area contributed by atoms with Crippen LogP contribution in [-0.2, 0) is 27.8 Å². The summed E-state index contributed by atoms with van der Waals surface area (Å²) in [6.45, 7) is 9.75. The summed E-state index contributed by atoms with van der Waals surface area (Å²) in [5, 5.41) is 4.40. The van der Waals surface area contributed by atoms with E-state index in [4.69, 9.17) is 9.47 Å². The number of carbonyl (C=O) groups is 1. The molecule has 0 radical (unpaired) electrons. The SMILES string of the molecule is CC1C(Oc2ncccn2)CS(=O)(=O)N1c1cnn2c1CN(C(=O)OC(C)(C)C)[C@@H](C)C2. The van der Waals surface area contributed by atoms with Crippen molar-refractivity contribution in [1.82, 2.24) is 24.6 Å². The van der Waals surface area contributed by atoms with E-state index in [0.717, 1.165) is 0 Å². The number of ether oxygens (including phenoxy) is 2. The Morgan fingerprint density at radius 1 is 1.19 bits per heavy atom. The van der Waals surface area contributed by atoms with Crippen molar-refractivity contribution in [3.63, 3.8) is 0 Å². The first-order valence-corrected chi connectivity index (χ1v) is 12.1. The lowest BCUT2D eigenvalue weighted by Crippen LogP contribution is -2.47. The van der Waals surface area contributed by atoms with Gasteiger partial charge in [-0.05, 0) is 40.7 Å². The highest BCUT2D eigenvalue weighted by Crippen LogP contribution is 2.35. The molecule has 174 valence electrons. The van der Waals surface area contributed by atoms with Crippen LogP contribution in [0.2, 0.25) is 0 Å². The van der Waals surface area contributed by atoms with Crippen molar-refractivity contribution in [2.75, 3.05) is 10.1 Å². The molecule has 11 nitrogen and oxygen atoms in total. The fourth-order valence-electron chi connectivity index (χ4n) is 3.95. The number of hydrogen-bond acceptors (Lipinski definition) is 8. The second kappa shape index (κ2) is 7.91. The van der Waals surface area contributed by atoms with Gasteiger partial charge >= 0.3 is 12.1 Å². The average molecular weight is 465 g/mol. The van der Waals surface area contributed by atoms with Gasteiger partial charge in [0.25, 0.3) is 0 Å². The third kappa shape index (κ3) is 4.23. The predicted molar refractivity (Wildman–Crippen MR) is 116 cm³/mol. The van der Waals surface area contributed by atoms with Gasteiger partial charge < -0.3 is 9.47 Å². The maximum atomic E-state index is 13.1. The van der Waals surface area contributed by atoms with E-state index < -0.39 is 33.9 Å². The number of nitrogens with zero attached hydrogens (tertiary/aromatic N) is 6. The van der Waals surface area contributed by atoms with Gasteiger partial charge in [0.05, 0.1) is 42.8 Å². The van der Waals surface area contributed by atoms with Crippen LogP contribution in [-0.4, -0.2) is 68.7 Å². The van der Waals surface area contributed by atoms with E-state index in [0.29, 0.717) is 17.9 Å². The number of hydrogen-bond donors (Lipinski definition) is 0. The standard InChI is InChI=1S/C20H28N6O5S/c1-13-10-25-16(11-24(13)19(27)31-20(3,4)5)15(9-23-25)26-14(2)17(12-32(26,28)29)30-18-21-7-6-8-22-18/h6-9,13-14,17H,10-12H2,1-5H3/t13-,14?,17?/m0/s1. The maximum Gasteiger partial charge on any atom is 0.410 e. The van der Waals surface area contributed by atoms with Crippen molar-refractivity contribution in [3.05, 3.63) is 30.4 Å². The predicted octanol–water partition coefficient (Wildman–Crippen LogP) is 1.80. The van der Waals surface area contributed by atoms with Crippen molar-refractivity contribution in [2.45, 2.75) is 71.5 Å². The van der Waals surface area contributed by atoms with E-state index in [-0.39, 0.29) is 24.3 Å². The highest BCUT2D eigenvalue weighted by Gasteiger charge is 2.47. The van der Waals surface area contributed by atoms with Crippen molar-refractivity contribution < 1.29 is 22.7 Å². The monoisotopic (exact) mass is 464 g/mol. The van der Waals surface area contributed by atoms with Gasteiger partial charge in [-0.3, -0.25) is 13.9 Å². The first-order chi connectivity index (χ1) is 15.0. The van der Waals surface area contributed by atoms with E-state index >= 15 is 0 Å². The molecule has 1 fully saturated rings. The van der Waals surface area contributed by atoms with Crippen LogP contribution in [0.25, 0.3) is 0 Å². The fourth-order valence-corrected chi connectivity index (χ4v) is 5.97. The summed E-state index contributed by atoms with van der Waals surface area (Å²) in [5.41, 5.74) is 0.452. The lowest BCUT2D eigenvalue weighted by Gasteiger charge is -2.36. The molecule has 1 saturated heterocycles. The van der Waals surface area contributed by atoms with Crippen LogP contribution >= 0.6 is 0 Å². The maximum absolute atomic E-state index is 13.1. The molecule has 0 N–H and O–H groups in total. The van der Waals surface area contributed by atoms with Crippen LogP contribution in [0.5, 0.6) is 6.01 Å². The minimum Gasteiger partial charge on any atom is -0.457 e. The lowest BCUT2D eigenvalue weighted by molar-refractivity contribution is 0.00912. The van der Waals surface area contributed by atoms with E-state index in [1.165, 1.54) is 22.9 Å². The number of sulfonamides is 1. The normalized spacial score (nSPS) is 24.8. The topological polar surface area (TPSA) is 120 Å². The fraction of sp³-hybridized carbons (Fsp3) is 0.600. The molecule has 0 aromatic carbocycles. The average Bonchev–Trinajstić information content (AvgIpc) is 3.17. The Bertz CT molecular complexity index is 1100. The molecule has 3 atom stereocenters. The number of aromatic nitrogens is 4. The summed E-state index contributed by atoms with van der Waals surface area (Å²) >= 11 is 0. The van der Waals surface area contributed by atoms with Gasteiger partial charge in [0.1, 0.15) is 17.5 Å². The highest BCUT2D eigenvalue weighted by atomic mass is 32.2. The van der Waals surface area contributed by atoms with Crippen molar-refractivity contribution in [2.24, 2.45) is 0 Å². The van der Waals surface area contributed by atoms with Gasteiger partial charge in [-0.15, -0.1) is 0 Å². The van der Waals surface area contributed by atoms with E-state index in [1.54, 1.807) is 22.6 Å². The molecule has 0 aliphatic carbocycles. The van der Waals surface area contributed by atoms with Gasteiger partial charge in [-0.2, -0.15) is 5.10 Å². The quantitative estimate of drug-likeness (QED) is 0.674. The number of amides is 1. The number of fused-ring (bicyclic) bond motifs is 1. The van der Waals surface area contributed by atoms with E-state index in [9.17, 15) is 13.2 Å². The zero-order chi connectivity index (χ0) is 23.3. The van der Waals surface area contributed by atoms with Crippen LogP contribution in [0.15, 0.2) is 24.7 Å². The summed E-state index contributed by atoms with van der Waals surface area (Å²) in [7, 11) is -3.68. The molecule has 12 heteroatoms. The zero-order valence-electron chi connectivity index (χ0n) is 18.8. The van der Waals surface area contributed by atoms with Crippen molar-refractivity contribution >= 4 is 21.8 Å². The Morgan fingerprint density at radius 2 is 1.88 bits per heavy atom. The minimum absolute atomic E-state index is 0.128. The molecule has 32 heavy (non-hydrogen) atoms. The zero-order valence-corrected chi connectivity index (χ0v) is 19.6. The molecule has 0 bridgehead atoms. The smallest absolute Gasteiger partial charge is 0.410 e. The third-order valence-electron chi connectivity index (χ3n) is 5.46. The van der Waals surface area contributed by atoms with Gasteiger partial charge in [-0.1, -0.05) is 0 Å². The summed E-state index contributed by atoms with van der Waals surface area (Å²) in [6.07, 6.45) is 3.52. The minimum atomic E-state index is -3.68. The molecule has 0 saturated carbocycles. The molecular weight excluding hydrogens is 436 g/mol. The Labute approximate surface area is 187 Å². The van der Waals surface area contributed by atoms with Gasteiger partial charge in [-0.25, -0.2) is 23.2 Å². The van der Waals surface area contributed by atoms with Crippen LogP contribution in [0.3, 0.4) is 0 Å². The molecule has 4 heterocycles. The molecule has 2 aromatic rings. The van der Waals surface area contributed by atoms with Crippen LogP contribution in [0.4, 0.5) is 10.5 Å². The molecular formula is C20H28N6O5S. The molecule has 2 aliphatic heterocycles. The van der Waals surface area contributed by atoms with E-state index in [2.05, 4.69) is 15.1 Å². The number of carbonyl (C=O) groups excluding carboxylic acids is 1. The Kier molecular flexibility index (Phi) is 5.51. The summed E-state index contributed by atoms with van der Waals surface area (Å²) in [6, 6.07) is 1.13. The number of anilines is 1. The van der Waals surface area contributed by atoms with Gasteiger partial charge in [0, 0.05) is 12.4 Å². The molecule has 2 aliphatic rings. The molecule has 2 unspecified atom stereocenters. The molecule has 0 spiro atoms. The largest absolute Gasteiger partial charge is 0.457 e. The summed E-state index contributed by atoms with van der Waals surface area (Å²) in [4.78, 5) is 22.4. The Morgan fingerprint density at radius 3 is 2.53 bits per heavy atom. The number of rotatable bonds is 3. The lowest BCUT2D eigenvalue weighted by atomic mass is 10.1. The third-order valence-corrected chi connectivity index (χ3v) is 7.34. The van der Waals surface area contributed by atoms with Crippen molar-refractivity contribution in [3.8, 4) is 6.01 Å². The molecule has 1 amide bonds. The van der Waals surface area contributed by atoms with Crippen LogP contribution in [0.1, 0.15) is 40.3 Å². The second-order valence-corrected chi connectivity index (χ2v) is 11.0. The summed E-state index contributed by atoms with van der Waals surface area (Å²) < 4.78 is 40.6. The second-order valence-electron chi connectivity index (χ2n) is 9.12. The van der Waals surface area contributed by atoms with E-state index in [1.807, 2.05) is 27.7 Å². The van der Waals surface area contributed by atoms with Crippen LogP contribution < -0.4 is 9.04 Å². The first kappa shape index (κ1) is 22.3. The van der Waals surface area contributed by atoms with Crippen LogP contribution in [0, 0.1) is 0 Å². The van der Waals surface area contributed by atoms with Gasteiger partial charge in [0.2, 0.25) is 10.0 Å². The molecule has 4 rings (SSSR count). The Hall–Kier alpha value is -2.89. The van der Waals surface area contributed by atoms with Crippen molar-refractivity contribution in [1.29, 1.82) is 0 Å². The van der Waals surface area contributed by atoms with Gasteiger partial charge in [0.15, 0.2) is 0 Å². The molecule has 2 aromatic heterocycles. The summed E-state index contributed by atoms with van der Waals surface area (Å²) in [5.74, 6) is -0.205. The Balaban J connectivity index is 1.61.